The topological polar surface area (TPSA) is 20.3 Å². The molecule has 1 aliphatic carbocycles. The first-order valence-corrected chi connectivity index (χ1v) is 7.21. The number of aryl methyl sites for hydroxylation is 1. The van der Waals surface area contributed by atoms with Crippen molar-refractivity contribution in [1.82, 2.24) is 4.90 Å². The zero-order valence-electron chi connectivity index (χ0n) is 11.8. The molecule has 1 fully saturated rings. The van der Waals surface area contributed by atoms with E-state index in [2.05, 4.69) is 32.0 Å². The predicted octanol–water partition coefficient (Wildman–Crippen LogP) is 3.34. The van der Waals surface area contributed by atoms with E-state index in [9.17, 15) is 4.79 Å². The van der Waals surface area contributed by atoms with Crippen molar-refractivity contribution < 1.29 is 4.79 Å². The van der Waals surface area contributed by atoms with E-state index in [0.717, 1.165) is 19.5 Å². The van der Waals surface area contributed by atoms with E-state index in [1.54, 1.807) is 0 Å². The summed E-state index contributed by atoms with van der Waals surface area (Å²) in [6.07, 6.45) is 3.93. The van der Waals surface area contributed by atoms with Gasteiger partial charge in [-0.3, -0.25) is 4.79 Å². The van der Waals surface area contributed by atoms with Crippen LogP contribution in [-0.2, 0) is 11.2 Å². The summed E-state index contributed by atoms with van der Waals surface area (Å²) in [5, 5.41) is 0. The summed E-state index contributed by atoms with van der Waals surface area (Å²) >= 11 is 0. The van der Waals surface area contributed by atoms with Crippen molar-refractivity contribution in [2.45, 2.75) is 39.5 Å². The van der Waals surface area contributed by atoms with Gasteiger partial charge in [0.1, 0.15) is 0 Å². The third-order valence-electron chi connectivity index (χ3n) is 4.35. The second-order valence-corrected chi connectivity index (χ2v) is 5.86. The van der Waals surface area contributed by atoms with Crippen LogP contribution in [0.2, 0.25) is 0 Å². The third-order valence-corrected chi connectivity index (χ3v) is 4.35. The monoisotopic (exact) mass is 255 g/mol. The smallest absolute Gasteiger partial charge is 0.227 e. The normalized spacial score (nSPS) is 18.1. The van der Waals surface area contributed by atoms with Crippen molar-refractivity contribution in [3.8, 4) is 0 Å². The quantitative estimate of drug-likeness (QED) is 0.793. The maximum absolute atomic E-state index is 12.3. The molecule has 3 rings (SSSR count). The van der Waals surface area contributed by atoms with Crippen molar-refractivity contribution in [3.05, 3.63) is 40.5 Å². The summed E-state index contributed by atoms with van der Waals surface area (Å²) in [6.45, 7) is 6.19. The SMILES string of the molecule is CC1=C(CC(=O)N2CCCC2)c2cc(C)ccc2C1. The second-order valence-electron chi connectivity index (χ2n) is 5.86. The lowest BCUT2D eigenvalue weighted by atomic mass is 10.00. The lowest BCUT2D eigenvalue weighted by Crippen LogP contribution is -2.27. The molecule has 1 aromatic carbocycles. The molecule has 0 bridgehead atoms. The van der Waals surface area contributed by atoms with E-state index < -0.39 is 0 Å². The molecule has 0 saturated carbocycles. The number of carbonyl (C=O) groups is 1. The number of nitrogens with zero attached hydrogens (tertiary/aromatic N) is 1. The molecule has 0 radical (unpaired) electrons. The first-order valence-electron chi connectivity index (χ1n) is 7.21. The molecule has 1 aliphatic heterocycles. The molecule has 100 valence electrons. The van der Waals surface area contributed by atoms with Gasteiger partial charge in [-0.2, -0.15) is 0 Å². The Kier molecular flexibility index (Phi) is 3.17. The summed E-state index contributed by atoms with van der Waals surface area (Å²) in [5.41, 5.74) is 6.61. The highest BCUT2D eigenvalue weighted by Gasteiger charge is 2.24. The summed E-state index contributed by atoms with van der Waals surface area (Å²) in [7, 11) is 0. The lowest BCUT2D eigenvalue weighted by molar-refractivity contribution is -0.128. The molecule has 0 spiro atoms. The van der Waals surface area contributed by atoms with Crippen LogP contribution >= 0.6 is 0 Å². The maximum atomic E-state index is 12.3. The molecule has 1 heterocycles. The first kappa shape index (κ1) is 12.5. The number of hydrogen-bond donors (Lipinski definition) is 0. The number of allylic oxidation sites excluding steroid dienone is 1. The maximum Gasteiger partial charge on any atom is 0.227 e. The number of fused-ring (bicyclic) bond motifs is 1. The molecular formula is C17H21NO. The van der Waals surface area contributed by atoms with Crippen LogP contribution in [-0.4, -0.2) is 23.9 Å². The van der Waals surface area contributed by atoms with Crippen LogP contribution in [0.3, 0.4) is 0 Å². The number of amides is 1. The van der Waals surface area contributed by atoms with Gasteiger partial charge in [0.2, 0.25) is 5.91 Å². The zero-order chi connectivity index (χ0) is 13.4. The van der Waals surface area contributed by atoms with Crippen LogP contribution in [0, 0.1) is 6.92 Å². The number of likely N-dealkylation sites (tertiary alicyclic amines) is 1. The van der Waals surface area contributed by atoms with E-state index in [1.165, 1.54) is 40.7 Å². The molecule has 2 heteroatoms. The average molecular weight is 255 g/mol. The zero-order valence-corrected chi connectivity index (χ0v) is 11.8. The first-order chi connectivity index (χ1) is 9.15. The van der Waals surface area contributed by atoms with Crippen molar-refractivity contribution in [2.24, 2.45) is 0 Å². The number of rotatable bonds is 2. The molecule has 2 aliphatic rings. The predicted molar refractivity (Wildman–Crippen MR) is 77.9 cm³/mol. The number of benzene rings is 1. The van der Waals surface area contributed by atoms with E-state index >= 15 is 0 Å². The van der Waals surface area contributed by atoms with Crippen molar-refractivity contribution in [1.29, 1.82) is 0 Å². The van der Waals surface area contributed by atoms with E-state index in [4.69, 9.17) is 0 Å². The Morgan fingerprint density at radius 2 is 1.95 bits per heavy atom. The molecule has 1 aromatic rings. The molecule has 1 saturated heterocycles. The van der Waals surface area contributed by atoms with Crippen LogP contribution in [0.25, 0.3) is 5.57 Å². The van der Waals surface area contributed by atoms with Gasteiger partial charge in [0.15, 0.2) is 0 Å². The molecule has 0 N–H and O–H groups in total. The molecule has 19 heavy (non-hydrogen) atoms. The standard InChI is InChI=1S/C17H21NO/c1-12-5-6-14-10-13(2)15(16(14)9-12)11-17(19)18-7-3-4-8-18/h5-6,9H,3-4,7-8,10-11H2,1-2H3. The van der Waals surface area contributed by atoms with Gasteiger partial charge in [0.05, 0.1) is 6.42 Å². The van der Waals surface area contributed by atoms with Gasteiger partial charge < -0.3 is 4.90 Å². The summed E-state index contributed by atoms with van der Waals surface area (Å²) < 4.78 is 0. The van der Waals surface area contributed by atoms with Crippen LogP contribution < -0.4 is 0 Å². The Morgan fingerprint density at radius 1 is 1.21 bits per heavy atom. The summed E-state index contributed by atoms with van der Waals surface area (Å²) in [6, 6.07) is 6.61. The van der Waals surface area contributed by atoms with Crippen LogP contribution in [0.4, 0.5) is 0 Å². The molecule has 0 atom stereocenters. The highest BCUT2D eigenvalue weighted by atomic mass is 16.2. The summed E-state index contributed by atoms with van der Waals surface area (Å²) in [5.74, 6) is 0.307. The number of carbonyl (C=O) groups excluding carboxylic acids is 1. The number of hydrogen-bond acceptors (Lipinski definition) is 1. The van der Waals surface area contributed by atoms with E-state index in [0.29, 0.717) is 12.3 Å². The van der Waals surface area contributed by atoms with Gasteiger partial charge in [-0.05, 0) is 49.8 Å². The van der Waals surface area contributed by atoms with Crippen molar-refractivity contribution in [3.63, 3.8) is 0 Å². The van der Waals surface area contributed by atoms with Gasteiger partial charge in [0, 0.05) is 13.1 Å². The highest BCUT2D eigenvalue weighted by Crippen LogP contribution is 2.35. The molecule has 2 nitrogen and oxygen atoms in total. The molecule has 1 amide bonds. The van der Waals surface area contributed by atoms with Crippen LogP contribution in [0.5, 0.6) is 0 Å². The Morgan fingerprint density at radius 3 is 2.68 bits per heavy atom. The lowest BCUT2D eigenvalue weighted by Gasteiger charge is -2.16. The third kappa shape index (κ3) is 2.32. The Balaban J connectivity index is 1.83. The Bertz CT molecular complexity index is 550. The van der Waals surface area contributed by atoms with Crippen molar-refractivity contribution >= 4 is 11.5 Å². The van der Waals surface area contributed by atoms with Gasteiger partial charge in [0.25, 0.3) is 0 Å². The van der Waals surface area contributed by atoms with Crippen LogP contribution in [0.1, 0.15) is 42.9 Å². The van der Waals surface area contributed by atoms with Gasteiger partial charge in [-0.1, -0.05) is 29.3 Å². The molecular weight excluding hydrogens is 234 g/mol. The van der Waals surface area contributed by atoms with Gasteiger partial charge in [-0.25, -0.2) is 0 Å². The highest BCUT2D eigenvalue weighted by molar-refractivity contribution is 5.92. The fourth-order valence-electron chi connectivity index (χ4n) is 3.22. The van der Waals surface area contributed by atoms with Crippen molar-refractivity contribution in [2.75, 3.05) is 13.1 Å². The van der Waals surface area contributed by atoms with E-state index in [-0.39, 0.29) is 0 Å². The van der Waals surface area contributed by atoms with Gasteiger partial charge >= 0.3 is 0 Å². The fourth-order valence-corrected chi connectivity index (χ4v) is 3.22. The Labute approximate surface area is 115 Å². The van der Waals surface area contributed by atoms with Crippen LogP contribution in [0.15, 0.2) is 23.8 Å². The minimum atomic E-state index is 0.307. The average Bonchev–Trinajstić information content (AvgIpc) is 2.99. The minimum absolute atomic E-state index is 0.307. The minimum Gasteiger partial charge on any atom is -0.342 e. The van der Waals surface area contributed by atoms with E-state index in [1.807, 2.05) is 4.90 Å². The molecule has 0 aromatic heterocycles. The molecule has 0 unspecified atom stereocenters. The second kappa shape index (κ2) is 4.84. The summed E-state index contributed by atoms with van der Waals surface area (Å²) in [4.78, 5) is 14.4. The largest absolute Gasteiger partial charge is 0.342 e. The Hall–Kier alpha value is -1.57. The fraction of sp³-hybridized carbons (Fsp3) is 0.471. The van der Waals surface area contributed by atoms with Gasteiger partial charge in [-0.15, -0.1) is 0 Å².